The fraction of sp³-hybridized carbons (Fsp3) is 0.308. The van der Waals surface area contributed by atoms with Crippen molar-refractivity contribution in [1.29, 1.82) is 0 Å². The molecule has 2 rings (SSSR count). The summed E-state index contributed by atoms with van der Waals surface area (Å²) in [5, 5.41) is 10.9. The van der Waals surface area contributed by atoms with Crippen LogP contribution in [0, 0.1) is 13.8 Å². The van der Waals surface area contributed by atoms with Crippen LogP contribution < -0.4 is 10.1 Å². The van der Waals surface area contributed by atoms with Gasteiger partial charge >= 0.3 is 0 Å². The molecule has 0 aliphatic carbocycles. The number of nitrogens with one attached hydrogen (secondary N) is 1. The molecule has 0 radical (unpaired) electrons. The summed E-state index contributed by atoms with van der Waals surface area (Å²) in [6.07, 6.45) is 1.91. The summed E-state index contributed by atoms with van der Waals surface area (Å²) in [5.74, 6) is 0.442. The molecule has 2 aromatic rings. The molecule has 1 aromatic carbocycles. The number of amides is 1. The van der Waals surface area contributed by atoms with Crippen molar-refractivity contribution in [2.24, 2.45) is 0 Å². The van der Waals surface area contributed by atoms with Crippen molar-refractivity contribution in [2.45, 2.75) is 18.2 Å². The van der Waals surface area contributed by atoms with E-state index in [1.165, 1.54) is 28.7 Å². The van der Waals surface area contributed by atoms with Gasteiger partial charge in [-0.25, -0.2) is 0 Å². The van der Waals surface area contributed by atoms with Crippen LogP contribution in [0.3, 0.4) is 0 Å². The Morgan fingerprint density at radius 1 is 1.35 bits per heavy atom. The van der Waals surface area contributed by atoms with Crippen LogP contribution >= 0.6 is 23.1 Å². The molecule has 0 saturated carbocycles. The van der Waals surface area contributed by atoms with Gasteiger partial charge in [-0.2, -0.15) is 0 Å². The fourth-order valence-electron chi connectivity index (χ4n) is 1.45. The summed E-state index contributed by atoms with van der Waals surface area (Å²) in [5.41, 5.74) is 2.33. The third-order valence-corrected chi connectivity index (χ3v) is 4.49. The Kier molecular flexibility index (Phi) is 4.97. The Balaban J connectivity index is 1.87. The minimum absolute atomic E-state index is 0.0450. The number of hydrogen-bond donors (Lipinski definition) is 1. The highest BCUT2D eigenvalue weighted by molar-refractivity contribution is 8.00. The average molecular weight is 309 g/mol. The molecule has 5 nitrogen and oxygen atoms in total. The van der Waals surface area contributed by atoms with Gasteiger partial charge in [-0.05, 0) is 43.4 Å². The van der Waals surface area contributed by atoms with Gasteiger partial charge in [0.25, 0.3) is 5.91 Å². The molecule has 1 amide bonds. The quantitative estimate of drug-likeness (QED) is 0.679. The lowest BCUT2D eigenvalue weighted by molar-refractivity contribution is -0.118. The molecule has 0 unspecified atom stereocenters. The number of nitrogens with zero attached hydrogens (tertiary/aromatic N) is 2. The predicted molar refractivity (Wildman–Crippen MR) is 81.7 cm³/mol. The largest absolute Gasteiger partial charge is 0.484 e. The lowest BCUT2D eigenvalue weighted by Gasteiger charge is -2.07. The number of benzene rings is 1. The third-order valence-electron chi connectivity index (χ3n) is 2.68. The number of thioether (sulfide) groups is 1. The summed E-state index contributed by atoms with van der Waals surface area (Å²) >= 11 is 2.83. The maximum atomic E-state index is 11.7. The molecule has 0 fully saturated rings. The standard InChI is InChI=1S/C13H15N3O2S2/c1-8-4-5-10(6-9(8)2)18-7-11(17)14-12-15-16-13(19-3)20-12/h4-6H,7H2,1-3H3,(H,14,15,17). The van der Waals surface area contributed by atoms with Gasteiger partial charge in [-0.3, -0.25) is 10.1 Å². The molecule has 0 aliphatic rings. The predicted octanol–water partition coefficient (Wildman–Crippen LogP) is 2.89. The highest BCUT2D eigenvalue weighted by atomic mass is 32.2. The maximum absolute atomic E-state index is 11.7. The van der Waals surface area contributed by atoms with Crippen molar-refractivity contribution >= 4 is 34.1 Å². The lowest BCUT2D eigenvalue weighted by atomic mass is 10.1. The summed E-state index contributed by atoms with van der Waals surface area (Å²) in [6.45, 7) is 3.99. The van der Waals surface area contributed by atoms with Gasteiger partial charge in [0.05, 0.1) is 0 Å². The van der Waals surface area contributed by atoms with E-state index in [1.54, 1.807) is 0 Å². The zero-order valence-corrected chi connectivity index (χ0v) is 13.1. The van der Waals surface area contributed by atoms with Gasteiger partial charge in [0, 0.05) is 0 Å². The summed E-state index contributed by atoms with van der Waals surface area (Å²) < 4.78 is 6.26. The molecule has 0 spiro atoms. The van der Waals surface area contributed by atoms with Crippen molar-refractivity contribution in [3.63, 3.8) is 0 Å². The van der Waals surface area contributed by atoms with Gasteiger partial charge < -0.3 is 4.74 Å². The molecule has 1 N–H and O–H groups in total. The van der Waals surface area contributed by atoms with Crippen LogP contribution in [-0.2, 0) is 4.79 Å². The first-order valence-electron chi connectivity index (χ1n) is 5.96. The third kappa shape index (κ3) is 3.94. The second-order valence-corrected chi connectivity index (χ2v) is 6.19. The van der Waals surface area contributed by atoms with Crippen LogP contribution in [0.25, 0.3) is 0 Å². The molecule has 0 atom stereocenters. The Labute approximate surface area is 125 Å². The van der Waals surface area contributed by atoms with Crippen LogP contribution in [0.1, 0.15) is 11.1 Å². The van der Waals surface area contributed by atoms with Crippen molar-refractivity contribution in [1.82, 2.24) is 10.2 Å². The number of ether oxygens (including phenoxy) is 1. The van der Waals surface area contributed by atoms with Crippen LogP contribution in [0.15, 0.2) is 22.5 Å². The van der Waals surface area contributed by atoms with Crippen LogP contribution in [0.2, 0.25) is 0 Å². The van der Waals surface area contributed by atoms with Crippen LogP contribution in [0.5, 0.6) is 5.75 Å². The van der Waals surface area contributed by atoms with E-state index in [2.05, 4.69) is 15.5 Å². The van der Waals surface area contributed by atoms with Gasteiger partial charge in [-0.15, -0.1) is 10.2 Å². The highest BCUT2D eigenvalue weighted by Gasteiger charge is 2.08. The molecule has 0 saturated heterocycles. The molecular formula is C13H15N3O2S2. The van der Waals surface area contributed by atoms with E-state index in [4.69, 9.17) is 4.74 Å². The number of carbonyl (C=O) groups is 1. The van der Waals surface area contributed by atoms with Gasteiger partial charge in [0.15, 0.2) is 10.9 Å². The molecule has 7 heteroatoms. The van der Waals surface area contributed by atoms with E-state index >= 15 is 0 Å². The van der Waals surface area contributed by atoms with Gasteiger partial charge in [-0.1, -0.05) is 29.2 Å². The van der Waals surface area contributed by atoms with Crippen molar-refractivity contribution in [3.8, 4) is 5.75 Å². The monoisotopic (exact) mass is 309 g/mol. The van der Waals surface area contributed by atoms with Gasteiger partial charge in [0.2, 0.25) is 5.13 Å². The molecule has 1 heterocycles. The first kappa shape index (κ1) is 14.8. The normalized spacial score (nSPS) is 10.3. The lowest BCUT2D eigenvalue weighted by Crippen LogP contribution is -2.20. The number of hydrogen-bond acceptors (Lipinski definition) is 6. The second kappa shape index (κ2) is 6.71. The molecule has 106 valence electrons. The molecule has 20 heavy (non-hydrogen) atoms. The Bertz CT molecular complexity index is 613. The van der Waals surface area contributed by atoms with E-state index in [9.17, 15) is 4.79 Å². The molecule has 1 aromatic heterocycles. The van der Waals surface area contributed by atoms with E-state index in [1.807, 2.05) is 38.3 Å². The van der Waals surface area contributed by atoms with Crippen molar-refractivity contribution < 1.29 is 9.53 Å². The van der Waals surface area contributed by atoms with E-state index in [0.29, 0.717) is 10.9 Å². The SMILES string of the molecule is CSc1nnc(NC(=O)COc2ccc(C)c(C)c2)s1. The molecule has 0 bridgehead atoms. The zero-order chi connectivity index (χ0) is 14.5. The highest BCUT2D eigenvalue weighted by Crippen LogP contribution is 2.23. The average Bonchev–Trinajstić information content (AvgIpc) is 2.88. The molecule has 0 aliphatic heterocycles. The minimum Gasteiger partial charge on any atom is -0.484 e. The maximum Gasteiger partial charge on any atom is 0.264 e. The fourth-order valence-corrected chi connectivity index (χ4v) is 2.64. The Morgan fingerprint density at radius 3 is 2.80 bits per heavy atom. The van der Waals surface area contributed by atoms with E-state index in [0.717, 1.165) is 9.90 Å². The first-order chi connectivity index (χ1) is 9.58. The van der Waals surface area contributed by atoms with E-state index in [-0.39, 0.29) is 12.5 Å². The first-order valence-corrected chi connectivity index (χ1v) is 8.00. The zero-order valence-electron chi connectivity index (χ0n) is 11.5. The summed E-state index contributed by atoms with van der Waals surface area (Å²) in [7, 11) is 0. The number of carbonyl (C=O) groups excluding carboxylic acids is 1. The van der Waals surface area contributed by atoms with Crippen LogP contribution in [0.4, 0.5) is 5.13 Å². The minimum atomic E-state index is -0.243. The topological polar surface area (TPSA) is 64.1 Å². The van der Waals surface area contributed by atoms with Crippen molar-refractivity contribution in [3.05, 3.63) is 29.3 Å². The number of aryl methyl sites for hydroxylation is 2. The summed E-state index contributed by atoms with van der Waals surface area (Å²) in [4.78, 5) is 11.7. The number of rotatable bonds is 5. The van der Waals surface area contributed by atoms with Crippen LogP contribution in [-0.4, -0.2) is 29.0 Å². The number of aromatic nitrogens is 2. The summed E-state index contributed by atoms with van der Waals surface area (Å²) in [6, 6.07) is 5.74. The van der Waals surface area contributed by atoms with E-state index < -0.39 is 0 Å². The Morgan fingerprint density at radius 2 is 2.15 bits per heavy atom. The number of anilines is 1. The smallest absolute Gasteiger partial charge is 0.264 e. The van der Waals surface area contributed by atoms with Gasteiger partial charge in [0.1, 0.15) is 5.75 Å². The van der Waals surface area contributed by atoms with Crippen molar-refractivity contribution in [2.75, 3.05) is 18.2 Å². The Hall–Kier alpha value is -1.60. The second-order valence-electron chi connectivity index (χ2n) is 4.16. The molecular weight excluding hydrogens is 294 g/mol.